The predicted molar refractivity (Wildman–Crippen MR) is 89.7 cm³/mol. The number of unbranched alkanes of at least 4 members (excludes halogenated alkanes) is 1. The number of nitrogens with zero attached hydrogens (tertiary/aromatic N) is 1. The van der Waals surface area contributed by atoms with Gasteiger partial charge in [0.05, 0.1) is 0 Å². The minimum atomic E-state index is 0.681. The summed E-state index contributed by atoms with van der Waals surface area (Å²) in [6.07, 6.45) is 10.9. The molecule has 2 unspecified atom stereocenters. The maximum Gasteiger partial charge on any atom is 0.0478 e. The Hall–Kier alpha value is -0.120. The lowest BCUT2D eigenvalue weighted by Crippen LogP contribution is -2.58. The normalized spacial score (nSPS) is 28.9. The number of nitrogens with one attached hydrogen (secondary N) is 1. The third-order valence-electron chi connectivity index (χ3n) is 5.33. The quantitative estimate of drug-likeness (QED) is 0.695. The van der Waals surface area contributed by atoms with Gasteiger partial charge in [0.15, 0.2) is 0 Å². The summed E-state index contributed by atoms with van der Waals surface area (Å²) in [5.41, 5.74) is 0. The van der Waals surface area contributed by atoms with E-state index >= 15 is 0 Å². The van der Waals surface area contributed by atoms with Crippen LogP contribution < -0.4 is 5.32 Å². The molecule has 2 rings (SSSR count). The summed E-state index contributed by atoms with van der Waals surface area (Å²) in [5, 5.41) is 3.81. The van der Waals surface area contributed by atoms with Gasteiger partial charge < -0.3 is 10.1 Å². The van der Waals surface area contributed by atoms with Gasteiger partial charge in [-0.05, 0) is 38.5 Å². The van der Waals surface area contributed by atoms with E-state index < -0.39 is 0 Å². The Bertz CT molecular complexity index is 266. The fourth-order valence-electron chi connectivity index (χ4n) is 3.83. The van der Waals surface area contributed by atoms with E-state index in [-0.39, 0.29) is 0 Å². The SMILES string of the molecule is CCCCOCCCN1CC(C2CCCCC2)NCC1C. The van der Waals surface area contributed by atoms with Crippen molar-refractivity contribution < 1.29 is 4.74 Å². The van der Waals surface area contributed by atoms with Crippen LogP contribution in [0, 0.1) is 5.92 Å². The molecule has 1 N–H and O–H groups in total. The molecule has 3 heteroatoms. The van der Waals surface area contributed by atoms with Gasteiger partial charge in [0.2, 0.25) is 0 Å². The second-order valence-electron chi connectivity index (χ2n) is 7.08. The highest BCUT2D eigenvalue weighted by Gasteiger charge is 2.30. The maximum atomic E-state index is 5.70. The molecule has 1 saturated heterocycles. The summed E-state index contributed by atoms with van der Waals surface area (Å²) < 4.78 is 5.70. The molecule has 0 spiro atoms. The van der Waals surface area contributed by atoms with Crippen molar-refractivity contribution in [3.8, 4) is 0 Å². The van der Waals surface area contributed by atoms with E-state index in [0.29, 0.717) is 6.04 Å². The van der Waals surface area contributed by atoms with Crippen LogP contribution in [0.15, 0.2) is 0 Å². The molecule has 0 amide bonds. The molecule has 2 fully saturated rings. The molecule has 1 aliphatic heterocycles. The first-order valence-corrected chi connectivity index (χ1v) is 9.36. The smallest absolute Gasteiger partial charge is 0.0478 e. The van der Waals surface area contributed by atoms with Crippen LogP contribution in [0.3, 0.4) is 0 Å². The first kappa shape index (κ1) is 17.2. The van der Waals surface area contributed by atoms with E-state index in [1.165, 1.54) is 64.5 Å². The van der Waals surface area contributed by atoms with E-state index in [2.05, 4.69) is 24.1 Å². The standard InChI is InChI=1S/C18H36N2O/c1-3-4-12-21-13-8-11-20-15-18(19-14-16(20)2)17-9-6-5-7-10-17/h16-19H,3-15H2,1-2H3. The molecule has 0 aromatic heterocycles. The van der Waals surface area contributed by atoms with E-state index in [9.17, 15) is 0 Å². The number of hydrogen-bond donors (Lipinski definition) is 1. The molecule has 1 saturated carbocycles. The highest BCUT2D eigenvalue weighted by Crippen LogP contribution is 2.28. The first-order chi connectivity index (χ1) is 10.3. The Morgan fingerprint density at radius 3 is 2.62 bits per heavy atom. The van der Waals surface area contributed by atoms with Crippen molar-refractivity contribution >= 4 is 0 Å². The van der Waals surface area contributed by atoms with Crippen molar-refractivity contribution in [3.05, 3.63) is 0 Å². The molecule has 1 aliphatic carbocycles. The van der Waals surface area contributed by atoms with Crippen LogP contribution in [-0.4, -0.2) is 49.8 Å². The average molecular weight is 296 g/mol. The Morgan fingerprint density at radius 2 is 1.86 bits per heavy atom. The van der Waals surface area contributed by atoms with Gasteiger partial charge in [0.25, 0.3) is 0 Å². The molecular weight excluding hydrogens is 260 g/mol. The van der Waals surface area contributed by atoms with Crippen molar-refractivity contribution in [3.63, 3.8) is 0 Å². The highest BCUT2D eigenvalue weighted by molar-refractivity contribution is 4.89. The van der Waals surface area contributed by atoms with Crippen molar-refractivity contribution in [1.29, 1.82) is 0 Å². The third-order valence-corrected chi connectivity index (χ3v) is 5.33. The van der Waals surface area contributed by atoms with Gasteiger partial charge in [-0.2, -0.15) is 0 Å². The van der Waals surface area contributed by atoms with Gasteiger partial charge in [-0.3, -0.25) is 4.90 Å². The van der Waals surface area contributed by atoms with Crippen molar-refractivity contribution in [2.45, 2.75) is 77.3 Å². The van der Waals surface area contributed by atoms with Crippen LogP contribution in [0.25, 0.3) is 0 Å². The molecule has 2 atom stereocenters. The minimum absolute atomic E-state index is 0.681. The van der Waals surface area contributed by atoms with Crippen LogP contribution in [0.1, 0.15) is 65.2 Å². The molecule has 0 aromatic carbocycles. The fourth-order valence-corrected chi connectivity index (χ4v) is 3.83. The zero-order valence-electron chi connectivity index (χ0n) is 14.3. The van der Waals surface area contributed by atoms with Crippen LogP contribution >= 0.6 is 0 Å². The van der Waals surface area contributed by atoms with E-state index in [0.717, 1.165) is 31.7 Å². The molecule has 0 radical (unpaired) electrons. The molecule has 124 valence electrons. The molecule has 21 heavy (non-hydrogen) atoms. The molecular formula is C18H36N2O. The van der Waals surface area contributed by atoms with E-state index in [4.69, 9.17) is 4.74 Å². The average Bonchev–Trinajstić information content (AvgIpc) is 2.53. The Labute approximate surface area is 131 Å². The number of hydrogen-bond acceptors (Lipinski definition) is 3. The van der Waals surface area contributed by atoms with Gasteiger partial charge in [0, 0.05) is 44.9 Å². The summed E-state index contributed by atoms with van der Waals surface area (Å²) in [6, 6.07) is 1.42. The number of ether oxygens (including phenoxy) is 1. The minimum Gasteiger partial charge on any atom is -0.381 e. The summed E-state index contributed by atoms with van der Waals surface area (Å²) in [6.45, 7) is 10.1. The second-order valence-corrected chi connectivity index (χ2v) is 7.08. The lowest BCUT2D eigenvalue weighted by Gasteiger charge is -2.43. The van der Waals surface area contributed by atoms with Crippen LogP contribution in [0.2, 0.25) is 0 Å². The van der Waals surface area contributed by atoms with Crippen molar-refractivity contribution in [1.82, 2.24) is 10.2 Å². The van der Waals surface area contributed by atoms with Gasteiger partial charge in [-0.15, -0.1) is 0 Å². The first-order valence-electron chi connectivity index (χ1n) is 9.36. The lowest BCUT2D eigenvalue weighted by atomic mass is 9.82. The van der Waals surface area contributed by atoms with Crippen molar-refractivity contribution in [2.24, 2.45) is 5.92 Å². The Morgan fingerprint density at radius 1 is 1.10 bits per heavy atom. The Balaban J connectivity index is 1.65. The molecule has 2 aliphatic rings. The largest absolute Gasteiger partial charge is 0.381 e. The summed E-state index contributed by atoms with van der Waals surface area (Å²) in [7, 11) is 0. The van der Waals surface area contributed by atoms with E-state index in [1.54, 1.807) is 0 Å². The summed E-state index contributed by atoms with van der Waals surface area (Å²) >= 11 is 0. The maximum absolute atomic E-state index is 5.70. The van der Waals surface area contributed by atoms with Crippen LogP contribution in [0.4, 0.5) is 0 Å². The van der Waals surface area contributed by atoms with Crippen LogP contribution in [-0.2, 0) is 4.74 Å². The van der Waals surface area contributed by atoms with Gasteiger partial charge >= 0.3 is 0 Å². The molecule has 1 heterocycles. The summed E-state index contributed by atoms with van der Waals surface area (Å²) in [4.78, 5) is 2.69. The molecule has 0 bridgehead atoms. The topological polar surface area (TPSA) is 24.5 Å². The van der Waals surface area contributed by atoms with Gasteiger partial charge in [-0.25, -0.2) is 0 Å². The number of piperazine rings is 1. The van der Waals surface area contributed by atoms with Gasteiger partial charge in [-0.1, -0.05) is 32.6 Å². The lowest BCUT2D eigenvalue weighted by molar-refractivity contribution is 0.0805. The third kappa shape index (κ3) is 5.88. The predicted octanol–water partition coefficient (Wildman–Crippen LogP) is 3.44. The van der Waals surface area contributed by atoms with E-state index in [1.807, 2.05) is 0 Å². The number of rotatable bonds is 8. The Kier molecular flexibility index (Phi) is 8.05. The van der Waals surface area contributed by atoms with Crippen LogP contribution in [0.5, 0.6) is 0 Å². The highest BCUT2D eigenvalue weighted by atomic mass is 16.5. The van der Waals surface area contributed by atoms with Crippen molar-refractivity contribution in [2.75, 3.05) is 32.8 Å². The second kappa shape index (κ2) is 9.81. The zero-order chi connectivity index (χ0) is 14.9. The summed E-state index contributed by atoms with van der Waals surface area (Å²) in [5.74, 6) is 0.926. The fraction of sp³-hybridized carbons (Fsp3) is 1.00. The monoisotopic (exact) mass is 296 g/mol. The zero-order valence-corrected chi connectivity index (χ0v) is 14.3. The molecule has 3 nitrogen and oxygen atoms in total. The van der Waals surface area contributed by atoms with Gasteiger partial charge in [0.1, 0.15) is 0 Å². The molecule has 0 aromatic rings.